The number of hydrogen-bond acceptors (Lipinski definition) is 5. The van der Waals surface area contributed by atoms with Gasteiger partial charge in [-0.05, 0) is 39.0 Å². The lowest BCUT2D eigenvalue weighted by Crippen LogP contribution is -2.32. The molecule has 0 aliphatic rings. The number of esters is 1. The summed E-state index contributed by atoms with van der Waals surface area (Å²) in [5, 5.41) is 0.252. The first-order valence-electron chi connectivity index (χ1n) is 5.99. The lowest BCUT2D eigenvalue weighted by molar-refractivity contribution is 0.0529. The Morgan fingerprint density at radius 2 is 1.95 bits per heavy atom. The first kappa shape index (κ1) is 16.8. The lowest BCUT2D eigenvalue weighted by Gasteiger charge is -2.18. The molecule has 0 aliphatic heterocycles. The highest BCUT2D eigenvalue weighted by Crippen LogP contribution is 2.20. The Labute approximate surface area is 124 Å². The first-order chi connectivity index (χ1) is 9.04. The molecule has 0 aromatic heterocycles. The number of rotatable bonds is 4. The molecule has 0 radical (unpaired) electrons. The second kappa shape index (κ2) is 6.01. The second-order valence-electron chi connectivity index (χ2n) is 5.30. The van der Waals surface area contributed by atoms with Gasteiger partial charge < -0.3 is 10.5 Å². The minimum absolute atomic E-state index is 0.194. The van der Waals surface area contributed by atoms with Crippen LogP contribution in [-0.2, 0) is 14.6 Å². The highest BCUT2D eigenvalue weighted by molar-refractivity contribution is 7.92. The molecule has 0 spiro atoms. The number of halogens is 1. The molecule has 0 saturated carbocycles. The molecule has 2 N–H and O–H groups in total. The van der Waals surface area contributed by atoms with Crippen molar-refractivity contribution in [3.8, 4) is 0 Å². The van der Waals surface area contributed by atoms with Crippen LogP contribution in [0.5, 0.6) is 0 Å². The van der Waals surface area contributed by atoms with Crippen LogP contribution in [0.15, 0.2) is 18.2 Å². The van der Waals surface area contributed by atoms with E-state index in [-0.39, 0.29) is 22.9 Å². The Bertz CT molecular complexity index is 605. The number of nitrogen functional groups attached to an aromatic ring is 1. The van der Waals surface area contributed by atoms with Crippen LogP contribution in [0.25, 0.3) is 0 Å². The van der Waals surface area contributed by atoms with Crippen LogP contribution in [0.1, 0.15) is 31.1 Å². The van der Waals surface area contributed by atoms with E-state index in [2.05, 4.69) is 0 Å². The van der Waals surface area contributed by atoms with Crippen LogP contribution in [0.2, 0.25) is 5.02 Å². The van der Waals surface area contributed by atoms with E-state index in [9.17, 15) is 13.2 Å². The van der Waals surface area contributed by atoms with E-state index < -0.39 is 20.6 Å². The molecule has 0 saturated heterocycles. The van der Waals surface area contributed by atoms with Crippen LogP contribution >= 0.6 is 11.6 Å². The fraction of sp³-hybridized carbons (Fsp3) is 0.462. The molecular weight excluding hydrogens is 302 g/mol. The zero-order valence-electron chi connectivity index (χ0n) is 11.6. The fourth-order valence-corrected chi connectivity index (χ4v) is 2.38. The predicted molar refractivity (Wildman–Crippen MR) is 79.7 cm³/mol. The zero-order chi connectivity index (χ0) is 15.6. The average molecular weight is 320 g/mol. The van der Waals surface area contributed by atoms with Gasteiger partial charge in [-0.3, -0.25) is 0 Å². The molecule has 1 rings (SSSR count). The molecule has 0 fully saturated rings. The largest absolute Gasteiger partial charge is 0.461 e. The van der Waals surface area contributed by atoms with E-state index in [0.29, 0.717) is 5.69 Å². The van der Waals surface area contributed by atoms with Gasteiger partial charge in [-0.15, -0.1) is 0 Å². The third-order valence-electron chi connectivity index (χ3n) is 2.75. The topological polar surface area (TPSA) is 86.5 Å². The maximum absolute atomic E-state index is 11.8. The maximum atomic E-state index is 11.8. The molecule has 1 aromatic rings. The summed E-state index contributed by atoms with van der Waals surface area (Å²) in [6, 6.07) is 4.35. The predicted octanol–water partition coefficient (Wildman–Crippen LogP) is 2.29. The molecule has 0 unspecified atom stereocenters. The monoisotopic (exact) mass is 319 g/mol. The van der Waals surface area contributed by atoms with E-state index in [1.807, 2.05) is 0 Å². The quantitative estimate of drug-likeness (QED) is 0.679. The molecule has 20 heavy (non-hydrogen) atoms. The van der Waals surface area contributed by atoms with Gasteiger partial charge >= 0.3 is 5.97 Å². The maximum Gasteiger partial charge on any atom is 0.338 e. The van der Waals surface area contributed by atoms with Gasteiger partial charge in [-0.25, -0.2) is 13.2 Å². The Balaban J connectivity index is 2.63. The van der Waals surface area contributed by atoms with Gasteiger partial charge in [0.1, 0.15) is 6.61 Å². The number of carbonyl (C=O) groups is 1. The van der Waals surface area contributed by atoms with E-state index in [0.717, 1.165) is 0 Å². The van der Waals surface area contributed by atoms with E-state index in [1.54, 1.807) is 20.8 Å². The summed E-state index contributed by atoms with van der Waals surface area (Å²) in [4.78, 5) is 11.7. The Morgan fingerprint density at radius 1 is 1.35 bits per heavy atom. The molecule has 0 amide bonds. The minimum Gasteiger partial charge on any atom is -0.461 e. The highest BCUT2D eigenvalue weighted by Gasteiger charge is 2.28. The number of hydrogen-bond donors (Lipinski definition) is 1. The zero-order valence-corrected chi connectivity index (χ0v) is 13.2. The number of anilines is 1. The van der Waals surface area contributed by atoms with Crippen molar-refractivity contribution in [3.63, 3.8) is 0 Å². The van der Waals surface area contributed by atoms with Crippen molar-refractivity contribution in [2.45, 2.75) is 25.5 Å². The molecule has 0 bridgehead atoms. The van der Waals surface area contributed by atoms with Gasteiger partial charge in [-0.1, -0.05) is 11.6 Å². The van der Waals surface area contributed by atoms with Gasteiger partial charge in [-0.2, -0.15) is 0 Å². The molecule has 112 valence electrons. The van der Waals surface area contributed by atoms with Crippen molar-refractivity contribution in [3.05, 3.63) is 28.8 Å². The summed E-state index contributed by atoms with van der Waals surface area (Å²) < 4.78 is 27.7. The number of benzene rings is 1. The van der Waals surface area contributed by atoms with Crippen molar-refractivity contribution < 1.29 is 17.9 Å². The van der Waals surface area contributed by atoms with Crippen LogP contribution in [0.3, 0.4) is 0 Å². The Morgan fingerprint density at radius 3 is 2.45 bits per heavy atom. The second-order valence-corrected chi connectivity index (χ2v) is 8.57. The summed E-state index contributed by atoms with van der Waals surface area (Å²) in [6.07, 6.45) is 0. The average Bonchev–Trinajstić information content (AvgIpc) is 2.30. The van der Waals surface area contributed by atoms with Crippen molar-refractivity contribution in [2.75, 3.05) is 18.1 Å². The van der Waals surface area contributed by atoms with E-state index in [1.165, 1.54) is 18.2 Å². The highest BCUT2D eigenvalue weighted by atomic mass is 35.5. The van der Waals surface area contributed by atoms with Crippen LogP contribution in [0.4, 0.5) is 5.69 Å². The molecular formula is C13H18ClNO4S. The molecule has 0 atom stereocenters. The molecule has 7 heteroatoms. The van der Waals surface area contributed by atoms with Crippen LogP contribution in [-0.4, -0.2) is 31.5 Å². The lowest BCUT2D eigenvalue weighted by atomic mass is 10.2. The van der Waals surface area contributed by atoms with Crippen molar-refractivity contribution in [1.29, 1.82) is 0 Å². The summed E-state index contributed by atoms with van der Waals surface area (Å²) in [7, 11) is -3.31. The van der Waals surface area contributed by atoms with Gasteiger partial charge in [0.2, 0.25) is 0 Å². The Kier molecular flexibility index (Phi) is 5.05. The number of nitrogens with two attached hydrogens (primary N) is 1. The first-order valence-corrected chi connectivity index (χ1v) is 8.02. The standard InChI is InChI=1S/C13H18ClNO4S/c1-13(2,3)20(17,18)7-6-19-12(16)9-4-5-11(15)10(14)8-9/h4-5,8H,6-7,15H2,1-3H3. The Hall–Kier alpha value is -1.27. The summed E-state index contributed by atoms with van der Waals surface area (Å²) in [5.74, 6) is -0.846. The minimum atomic E-state index is -3.31. The number of sulfone groups is 1. The molecule has 1 aromatic carbocycles. The number of carbonyl (C=O) groups excluding carboxylic acids is 1. The van der Waals surface area contributed by atoms with Gasteiger partial charge in [0.05, 0.1) is 26.8 Å². The van der Waals surface area contributed by atoms with Crippen LogP contribution < -0.4 is 5.73 Å². The summed E-state index contributed by atoms with van der Waals surface area (Å²) in [6.45, 7) is 4.61. The molecule has 0 heterocycles. The van der Waals surface area contributed by atoms with Crippen molar-refractivity contribution >= 4 is 33.1 Å². The fourth-order valence-electron chi connectivity index (χ4n) is 1.29. The third kappa shape index (κ3) is 4.11. The van der Waals surface area contributed by atoms with Crippen molar-refractivity contribution in [1.82, 2.24) is 0 Å². The van der Waals surface area contributed by atoms with Gasteiger partial charge in [0.25, 0.3) is 0 Å². The molecule has 5 nitrogen and oxygen atoms in total. The third-order valence-corrected chi connectivity index (χ3v) is 5.65. The number of ether oxygens (including phenoxy) is 1. The van der Waals surface area contributed by atoms with E-state index in [4.69, 9.17) is 22.1 Å². The smallest absolute Gasteiger partial charge is 0.338 e. The normalized spacial score (nSPS) is 12.2. The summed E-state index contributed by atoms with van der Waals surface area (Å²) in [5.41, 5.74) is 6.12. The SMILES string of the molecule is CC(C)(C)S(=O)(=O)CCOC(=O)c1ccc(N)c(Cl)c1. The van der Waals surface area contributed by atoms with Gasteiger partial charge in [0.15, 0.2) is 9.84 Å². The summed E-state index contributed by atoms with van der Waals surface area (Å²) >= 11 is 5.80. The van der Waals surface area contributed by atoms with Crippen molar-refractivity contribution in [2.24, 2.45) is 0 Å². The van der Waals surface area contributed by atoms with Crippen LogP contribution in [0, 0.1) is 0 Å². The molecule has 0 aliphatic carbocycles. The van der Waals surface area contributed by atoms with E-state index >= 15 is 0 Å². The van der Waals surface area contributed by atoms with Gasteiger partial charge in [0, 0.05) is 0 Å².